The number of nitrogens with one attached hydrogen (secondary N) is 1. The van der Waals surface area contributed by atoms with Crippen molar-refractivity contribution in [2.75, 3.05) is 5.73 Å². The van der Waals surface area contributed by atoms with Crippen LogP contribution in [0.15, 0.2) is 18.2 Å². The van der Waals surface area contributed by atoms with Gasteiger partial charge in [0.05, 0.1) is 11.2 Å². The van der Waals surface area contributed by atoms with Crippen LogP contribution in [0.1, 0.15) is 41.6 Å². The van der Waals surface area contributed by atoms with E-state index < -0.39 is 0 Å². The van der Waals surface area contributed by atoms with Gasteiger partial charge in [-0.1, -0.05) is 11.6 Å². The van der Waals surface area contributed by atoms with Crippen LogP contribution in [-0.2, 0) is 0 Å². The summed E-state index contributed by atoms with van der Waals surface area (Å²) in [5, 5.41) is 4.87. The Balaban J connectivity index is 2.20. The van der Waals surface area contributed by atoms with Crippen molar-refractivity contribution in [3.63, 3.8) is 0 Å². The largest absolute Gasteiger partial charge is 0.397 e. The molecule has 3 rings (SSSR count). The molecule has 0 aliphatic heterocycles. The number of fused-ring (bicyclic) bond motifs is 2. The molecule has 2 aromatic heterocycles. The highest BCUT2D eigenvalue weighted by molar-refractivity contribution is 7.21. The van der Waals surface area contributed by atoms with Crippen molar-refractivity contribution < 1.29 is 4.79 Å². The molecule has 0 unspecified atom stereocenters. The normalized spacial score (nSPS) is 12.0. The molecule has 0 atom stereocenters. The molecule has 1 amide bonds. The minimum Gasteiger partial charge on any atom is -0.397 e. The summed E-state index contributed by atoms with van der Waals surface area (Å²) in [4.78, 5) is 18.5. The molecule has 2 heterocycles. The smallest absolute Gasteiger partial charge is 0.263 e. The van der Waals surface area contributed by atoms with Crippen molar-refractivity contribution in [2.24, 2.45) is 0 Å². The third kappa shape index (κ3) is 2.88. The number of pyridine rings is 1. The van der Waals surface area contributed by atoms with Gasteiger partial charge in [-0.3, -0.25) is 4.79 Å². The first-order chi connectivity index (χ1) is 10.7. The van der Waals surface area contributed by atoms with Crippen molar-refractivity contribution >= 4 is 44.1 Å². The van der Waals surface area contributed by atoms with Crippen LogP contribution in [0.3, 0.4) is 0 Å². The fraction of sp³-hybridized carbons (Fsp3) is 0.333. The zero-order valence-electron chi connectivity index (χ0n) is 14.1. The Labute approximate surface area is 139 Å². The van der Waals surface area contributed by atoms with E-state index in [1.165, 1.54) is 16.9 Å². The minimum atomic E-state index is -0.300. The Bertz CT molecular complexity index is 935. The zero-order valence-corrected chi connectivity index (χ0v) is 14.9. The fourth-order valence-corrected chi connectivity index (χ4v) is 3.72. The van der Waals surface area contributed by atoms with Crippen molar-refractivity contribution in [1.82, 2.24) is 10.3 Å². The number of thiophene rings is 1. The fourth-order valence-electron chi connectivity index (χ4n) is 2.75. The molecule has 3 aromatic rings. The summed E-state index contributed by atoms with van der Waals surface area (Å²) in [6, 6.07) is 6.25. The average Bonchev–Trinajstić information content (AvgIpc) is 2.72. The minimum absolute atomic E-state index is 0.144. The number of hydrogen-bond donors (Lipinski definition) is 2. The van der Waals surface area contributed by atoms with Crippen LogP contribution < -0.4 is 11.1 Å². The Hall–Kier alpha value is -2.14. The Morgan fingerprint density at radius 2 is 1.91 bits per heavy atom. The summed E-state index contributed by atoms with van der Waals surface area (Å²) in [6.45, 7) is 9.97. The number of aromatic nitrogens is 1. The zero-order chi connectivity index (χ0) is 16.9. The number of nitrogens with two attached hydrogens (primary N) is 1. The highest BCUT2D eigenvalue weighted by Gasteiger charge is 2.21. The molecule has 0 bridgehead atoms. The van der Waals surface area contributed by atoms with Crippen LogP contribution in [0.4, 0.5) is 5.69 Å². The van der Waals surface area contributed by atoms with Crippen molar-refractivity contribution in [3.8, 4) is 0 Å². The number of carbonyl (C=O) groups excluding carboxylic acids is 1. The quantitative estimate of drug-likeness (QED) is 0.704. The lowest BCUT2D eigenvalue weighted by molar-refractivity contribution is 0.0924. The second-order valence-electron chi connectivity index (χ2n) is 7.04. The number of nitrogens with zero attached hydrogens (tertiary/aromatic N) is 1. The van der Waals surface area contributed by atoms with Gasteiger partial charge >= 0.3 is 0 Å². The Morgan fingerprint density at radius 1 is 1.22 bits per heavy atom. The molecular weight excluding hydrogens is 306 g/mol. The Morgan fingerprint density at radius 3 is 2.57 bits per heavy atom. The van der Waals surface area contributed by atoms with Gasteiger partial charge in [0.25, 0.3) is 5.91 Å². The van der Waals surface area contributed by atoms with Crippen LogP contribution in [0.5, 0.6) is 0 Å². The monoisotopic (exact) mass is 327 g/mol. The van der Waals surface area contributed by atoms with E-state index >= 15 is 0 Å². The lowest BCUT2D eigenvalue weighted by Gasteiger charge is -2.19. The second-order valence-corrected chi connectivity index (χ2v) is 8.04. The summed E-state index contributed by atoms with van der Waals surface area (Å²) < 4.78 is 0. The van der Waals surface area contributed by atoms with Crippen LogP contribution in [-0.4, -0.2) is 16.4 Å². The van der Waals surface area contributed by atoms with Gasteiger partial charge in [-0.15, -0.1) is 11.3 Å². The van der Waals surface area contributed by atoms with E-state index in [0.29, 0.717) is 10.6 Å². The molecule has 4 nitrogen and oxygen atoms in total. The second kappa shape index (κ2) is 5.20. The molecule has 0 aliphatic carbocycles. The van der Waals surface area contributed by atoms with Gasteiger partial charge in [0.1, 0.15) is 9.71 Å². The molecule has 0 spiro atoms. The number of benzene rings is 1. The first-order valence-corrected chi connectivity index (χ1v) is 8.40. The molecule has 1 aromatic carbocycles. The molecule has 0 saturated carbocycles. The average molecular weight is 327 g/mol. The van der Waals surface area contributed by atoms with Crippen molar-refractivity contribution in [1.29, 1.82) is 0 Å². The summed E-state index contributed by atoms with van der Waals surface area (Å²) in [5.41, 5.74) is 9.74. The van der Waals surface area contributed by atoms with E-state index in [9.17, 15) is 4.79 Å². The molecule has 0 saturated heterocycles. The van der Waals surface area contributed by atoms with E-state index in [2.05, 4.69) is 31.3 Å². The van der Waals surface area contributed by atoms with Crippen molar-refractivity contribution in [3.05, 3.63) is 34.2 Å². The molecule has 3 N–H and O–H groups in total. The highest BCUT2D eigenvalue weighted by Crippen LogP contribution is 2.35. The predicted molar refractivity (Wildman–Crippen MR) is 98.2 cm³/mol. The first kappa shape index (κ1) is 15.7. The number of anilines is 1. The van der Waals surface area contributed by atoms with Gasteiger partial charge in [0.2, 0.25) is 0 Å². The third-order valence-corrected chi connectivity index (χ3v) is 4.76. The van der Waals surface area contributed by atoms with Gasteiger partial charge in [0, 0.05) is 16.3 Å². The maximum Gasteiger partial charge on any atom is 0.263 e. The van der Waals surface area contributed by atoms with E-state index in [4.69, 9.17) is 10.7 Å². The summed E-state index contributed by atoms with van der Waals surface area (Å²) in [6.07, 6.45) is 0. The van der Waals surface area contributed by atoms with Crippen LogP contribution >= 0.6 is 11.3 Å². The van der Waals surface area contributed by atoms with E-state index in [-0.39, 0.29) is 11.4 Å². The maximum absolute atomic E-state index is 12.5. The van der Waals surface area contributed by atoms with Gasteiger partial charge in [-0.2, -0.15) is 0 Å². The van der Waals surface area contributed by atoms with Crippen LogP contribution in [0.25, 0.3) is 21.1 Å². The lowest BCUT2D eigenvalue weighted by atomic mass is 10.1. The van der Waals surface area contributed by atoms with E-state index in [1.54, 1.807) is 0 Å². The first-order valence-electron chi connectivity index (χ1n) is 7.58. The maximum atomic E-state index is 12.5. The van der Waals surface area contributed by atoms with E-state index in [1.807, 2.05) is 26.8 Å². The number of amides is 1. The molecular formula is C18H21N3OS. The van der Waals surface area contributed by atoms with Gasteiger partial charge in [-0.05, 0) is 52.3 Å². The highest BCUT2D eigenvalue weighted by atomic mass is 32.1. The number of nitrogen functional groups attached to an aromatic ring is 1. The predicted octanol–water partition coefficient (Wildman–Crippen LogP) is 4.18. The van der Waals surface area contributed by atoms with Crippen LogP contribution in [0, 0.1) is 13.8 Å². The molecule has 0 aliphatic rings. The lowest BCUT2D eigenvalue weighted by Crippen LogP contribution is -2.40. The van der Waals surface area contributed by atoms with Crippen molar-refractivity contribution in [2.45, 2.75) is 40.2 Å². The molecule has 23 heavy (non-hydrogen) atoms. The standard InChI is InChI=1S/C18H21N3OS/c1-9-6-10(2)14-11(7-9)8-12-13(19)15(23-17(12)20-14)16(22)21-18(3,4)5/h6-8H,19H2,1-5H3,(H,21,22). The molecule has 0 radical (unpaired) electrons. The SMILES string of the molecule is Cc1cc(C)c2nc3sc(C(=O)NC(C)(C)C)c(N)c3cc2c1. The number of aryl methyl sites for hydroxylation is 2. The summed E-state index contributed by atoms with van der Waals surface area (Å²) >= 11 is 1.35. The number of hydrogen-bond acceptors (Lipinski definition) is 4. The number of carbonyl (C=O) groups is 1. The van der Waals surface area contributed by atoms with Crippen LogP contribution in [0.2, 0.25) is 0 Å². The topological polar surface area (TPSA) is 68.0 Å². The third-order valence-electron chi connectivity index (χ3n) is 3.65. The Kier molecular flexibility index (Phi) is 3.56. The number of rotatable bonds is 1. The summed E-state index contributed by atoms with van der Waals surface area (Å²) in [7, 11) is 0. The summed E-state index contributed by atoms with van der Waals surface area (Å²) in [5.74, 6) is -0.144. The van der Waals surface area contributed by atoms with E-state index in [0.717, 1.165) is 26.7 Å². The van der Waals surface area contributed by atoms with Gasteiger partial charge < -0.3 is 11.1 Å². The van der Waals surface area contributed by atoms with Gasteiger partial charge in [-0.25, -0.2) is 4.98 Å². The molecule has 120 valence electrons. The van der Waals surface area contributed by atoms with Gasteiger partial charge in [0.15, 0.2) is 0 Å². The molecule has 5 heteroatoms. The molecule has 0 fully saturated rings.